The van der Waals surface area contributed by atoms with Crippen LogP contribution in [0.25, 0.3) is 0 Å². The van der Waals surface area contributed by atoms with E-state index in [2.05, 4.69) is 0 Å². The van der Waals surface area contributed by atoms with E-state index in [1.807, 2.05) is 18.2 Å². The lowest BCUT2D eigenvalue weighted by Crippen LogP contribution is -2.21. The number of fused-ring (bicyclic) bond motifs is 1. The Morgan fingerprint density at radius 3 is 3.00 bits per heavy atom. The van der Waals surface area contributed by atoms with E-state index < -0.39 is 6.04 Å². The molecule has 0 unspecified atom stereocenters. The SMILES string of the molecule is CCOC(=O)C[C@H](N)c1cccc2c1OCCO2. The van der Waals surface area contributed by atoms with Gasteiger partial charge >= 0.3 is 5.97 Å². The van der Waals surface area contributed by atoms with Gasteiger partial charge in [0.05, 0.1) is 13.0 Å². The molecule has 5 heteroatoms. The Morgan fingerprint density at radius 1 is 1.44 bits per heavy atom. The molecule has 0 saturated carbocycles. The molecular formula is C13H17NO4. The third kappa shape index (κ3) is 2.73. The van der Waals surface area contributed by atoms with Crippen molar-refractivity contribution >= 4 is 5.97 Å². The van der Waals surface area contributed by atoms with Crippen molar-refractivity contribution in [2.45, 2.75) is 19.4 Å². The highest BCUT2D eigenvalue weighted by molar-refractivity contribution is 5.70. The number of esters is 1. The number of hydrogen-bond donors (Lipinski definition) is 1. The van der Waals surface area contributed by atoms with Crippen molar-refractivity contribution in [1.29, 1.82) is 0 Å². The summed E-state index contributed by atoms with van der Waals surface area (Å²) in [5.41, 5.74) is 6.79. The molecule has 1 atom stereocenters. The first kappa shape index (κ1) is 12.7. The van der Waals surface area contributed by atoms with Crippen molar-refractivity contribution in [2.24, 2.45) is 5.73 Å². The molecular weight excluding hydrogens is 234 g/mol. The minimum atomic E-state index is -0.444. The number of benzene rings is 1. The Hall–Kier alpha value is -1.75. The van der Waals surface area contributed by atoms with Crippen molar-refractivity contribution in [3.8, 4) is 11.5 Å². The van der Waals surface area contributed by atoms with E-state index in [9.17, 15) is 4.79 Å². The van der Waals surface area contributed by atoms with Crippen molar-refractivity contribution < 1.29 is 19.0 Å². The Morgan fingerprint density at radius 2 is 2.22 bits per heavy atom. The van der Waals surface area contributed by atoms with Crippen LogP contribution < -0.4 is 15.2 Å². The maximum Gasteiger partial charge on any atom is 0.307 e. The standard InChI is InChI=1S/C13H17NO4/c1-2-16-12(15)8-10(14)9-4-3-5-11-13(9)18-7-6-17-11/h3-5,10H,2,6-8,14H2,1H3/t10-/m0/s1. The fourth-order valence-corrected chi connectivity index (χ4v) is 1.90. The largest absolute Gasteiger partial charge is 0.486 e. The van der Waals surface area contributed by atoms with E-state index in [1.165, 1.54) is 0 Å². The lowest BCUT2D eigenvalue weighted by Gasteiger charge is -2.23. The molecule has 0 fully saturated rings. The molecule has 5 nitrogen and oxygen atoms in total. The fraction of sp³-hybridized carbons (Fsp3) is 0.462. The van der Waals surface area contributed by atoms with Crippen LogP contribution in [0, 0.1) is 0 Å². The zero-order valence-electron chi connectivity index (χ0n) is 10.3. The molecule has 0 bridgehead atoms. The van der Waals surface area contributed by atoms with Crippen LogP contribution in [0.1, 0.15) is 24.9 Å². The lowest BCUT2D eigenvalue weighted by molar-refractivity contribution is -0.143. The highest BCUT2D eigenvalue weighted by Crippen LogP contribution is 2.37. The van der Waals surface area contributed by atoms with Crippen molar-refractivity contribution in [2.75, 3.05) is 19.8 Å². The molecule has 18 heavy (non-hydrogen) atoms. The van der Waals surface area contributed by atoms with Crippen LogP contribution in [0.2, 0.25) is 0 Å². The summed E-state index contributed by atoms with van der Waals surface area (Å²) in [5, 5.41) is 0. The van der Waals surface area contributed by atoms with Gasteiger partial charge in [-0.25, -0.2) is 0 Å². The van der Waals surface area contributed by atoms with E-state index in [4.69, 9.17) is 19.9 Å². The molecule has 98 valence electrons. The van der Waals surface area contributed by atoms with E-state index in [1.54, 1.807) is 6.92 Å². The molecule has 0 aliphatic carbocycles. The minimum Gasteiger partial charge on any atom is -0.486 e. The van der Waals surface area contributed by atoms with Crippen molar-refractivity contribution in [1.82, 2.24) is 0 Å². The highest BCUT2D eigenvalue weighted by Gasteiger charge is 2.21. The monoisotopic (exact) mass is 251 g/mol. The number of nitrogens with two attached hydrogens (primary N) is 1. The third-order valence-electron chi connectivity index (χ3n) is 2.69. The maximum atomic E-state index is 11.4. The summed E-state index contributed by atoms with van der Waals surface area (Å²) in [4.78, 5) is 11.4. The van der Waals surface area contributed by atoms with Gasteiger partial charge < -0.3 is 19.9 Å². The average Bonchev–Trinajstić information content (AvgIpc) is 2.38. The van der Waals surface area contributed by atoms with Gasteiger partial charge in [0, 0.05) is 11.6 Å². The fourth-order valence-electron chi connectivity index (χ4n) is 1.90. The Balaban J connectivity index is 2.15. The molecule has 1 aromatic carbocycles. The predicted octanol–water partition coefficient (Wildman–Crippen LogP) is 1.41. The summed E-state index contributed by atoms with van der Waals surface area (Å²) in [6, 6.07) is 5.07. The summed E-state index contributed by atoms with van der Waals surface area (Å²) in [5.74, 6) is 1.01. The molecule has 1 aromatic rings. The number of carbonyl (C=O) groups excluding carboxylic acids is 1. The summed E-state index contributed by atoms with van der Waals surface area (Å²) in [7, 11) is 0. The van der Waals surface area contributed by atoms with Crippen molar-refractivity contribution in [3.63, 3.8) is 0 Å². The molecule has 0 radical (unpaired) electrons. The topological polar surface area (TPSA) is 70.8 Å². The first-order valence-electron chi connectivity index (χ1n) is 6.02. The molecule has 1 heterocycles. The first-order valence-corrected chi connectivity index (χ1v) is 6.02. The zero-order valence-corrected chi connectivity index (χ0v) is 10.3. The summed E-state index contributed by atoms with van der Waals surface area (Å²) < 4.78 is 15.9. The third-order valence-corrected chi connectivity index (χ3v) is 2.69. The average molecular weight is 251 g/mol. The Bertz CT molecular complexity index is 433. The second-order valence-corrected chi connectivity index (χ2v) is 3.99. The van der Waals surface area contributed by atoms with Gasteiger partial charge in [-0.3, -0.25) is 4.79 Å². The van der Waals surface area contributed by atoms with E-state index in [-0.39, 0.29) is 12.4 Å². The van der Waals surface area contributed by atoms with Gasteiger partial charge in [0.2, 0.25) is 0 Å². The smallest absolute Gasteiger partial charge is 0.307 e. The number of ether oxygens (including phenoxy) is 3. The number of carbonyl (C=O) groups is 1. The van der Waals surface area contributed by atoms with E-state index in [0.717, 1.165) is 5.56 Å². The summed E-state index contributed by atoms with van der Waals surface area (Å²) in [6.07, 6.45) is 0.133. The van der Waals surface area contributed by atoms with Crippen LogP contribution in [0.4, 0.5) is 0 Å². The Kier molecular flexibility index (Phi) is 4.04. The van der Waals surface area contributed by atoms with Gasteiger partial charge in [-0.15, -0.1) is 0 Å². The van der Waals surface area contributed by atoms with Crippen molar-refractivity contribution in [3.05, 3.63) is 23.8 Å². The second-order valence-electron chi connectivity index (χ2n) is 3.99. The van der Waals surface area contributed by atoms with Gasteiger partial charge in [0.1, 0.15) is 13.2 Å². The normalized spacial score (nSPS) is 15.0. The van der Waals surface area contributed by atoms with E-state index >= 15 is 0 Å². The highest BCUT2D eigenvalue weighted by atomic mass is 16.6. The van der Waals surface area contributed by atoms with Gasteiger partial charge in [-0.2, -0.15) is 0 Å². The summed E-state index contributed by atoms with van der Waals surface area (Å²) >= 11 is 0. The predicted molar refractivity (Wildman–Crippen MR) is 65.6 cm³/mol. The molecule has 1 aliphatic rings. The van der Waals surface area contributed by atoms with Crippen LogP contribution in [0.3, 0.4) is 0 Å². The lowest BCUT2D eigenvalue weighted by atomic mass is 10.0. The molecule has 2 N–H and O–H groups in total. The second kappa shape index (κ2) is 5.73. The van der Waals surface area contributed by atoms with Crippen LogP contribution in [0.5, 0.6) is 11.5 Å². The number of rotatable bonds is 4. The summed E-state index contributed by atoms with van der Waals surface area (Å²) in [6.45, 7) is 3.16. The zero-order chi connectivity index (χ0) is 13.0. The molecule has 1 aliphatic heterocycles. The molecule has 2 rings (SSSR count). The quantitative estimate of drug-likeness (QED) is 0.819. The number of para-hydroxylation sites is 1. The maximum absolute atomic E-state index is 11.4. The van der Waals surface area contributed by atoms with Gasteiger partial charge in [0.15, 0.2) is 11.5 Å². The van der Waals surface area contributed by atoms with Gasteiger partial charge in [-0.1, -0.05) is 12.1 Å². The molecule has 0 aromatic heterocycles. The Labute approximate surface area is 106 Å². The van der Waals surface area contributed by atoms with Crippen LogP contribution in [0.15, 0.2) is 18.2 Å². The minimum absolute atomic E-state index is 0.133. The molecule has 0 spiro atoms. The van der Waals surface area contributed by atoms with Crippen LogP contribution in [-0.4, -0.2) is 25.8 Å². The van der Waals surface area contributed by atoms with Gasteiger partial charge in [0.25, 0.3) is 0 Å². The molecule has 0 saturated heterocycles. The van der Waals surface area contributed by atoms with Gasteiger partial charge in [-0.05, 0) is 13.0 Å². The van der Waals surface area contributed by atoms with E-state index in [0.29, 0.717) is 31.3 Å². The van der Waals surface area contributed by atoms with Crippen LogP contribution in [-0.2, 0) is 9.53 Å². The first-order chi connectivity index (χ1) is 8.72. The van der Waals surface area contributed by atoms with Crippen LogP contribution >= 0.6 is 0 Å². The number of hydrogen-bond acceptors (Lipinski definition) is 5. The molecule has 0 amide bonds.